The Hall–Kier alpha value is -1.61. The Labute approximate surface area is 160 Å². The largest absolute Gasteiger partial charge is 0.381 e. The summed E-state index contributed by atoms with van der Waals surface area (Å²) in [6.07, 6.45) is 3.39. The van der Waals surface area contributed by atoms with E-state index in [1.165, 1.54) is 23.5 Å². The predicted molar refractivity (Wildman–Crippen MR) is 98.7 cm³/mol. The van der Waals surface area contributed by atoms with E-state index in [1.807, 2.05) is 0 Å². The number of hydrogen-bond acceptors (Lipinski definition) is 5. The molecule has 0 saturated carbocycles. The number of carbonyl (C=O) groups is 1. The molecule has 3 N–H and O–H groups in total. The van der Waals surface area contributed by atoms with Crippen LogP contribution < -0.4 is 11.1 Å². The van der Waals surface area contributed by atoms with Crippen molar-refractivity contribution in [3.63, 3.8) is 0 Å². The van der Waals surface area contributed by atoms with Gasteiger partial charge in [0.1, 0.15) is 11.6 Å². The number of ether oxygens (including phenoxy) is 1. The standard InChI is InChI=1S/C17H19F2N3O2S.ClH/c18-12-2-1-11(14(19)8-12)7-13-9-21-17(25-13)22-16(23)15(20)10-3-5-24-6-4-10;/h1-2,8-10,15H,3-7,20H2,(H,21,22,23);1H. The smallest absolute Gasteiger partial charge is 0.243 e. The lowest BCUT2D eigenvalue weighted by molar-refractivity contribution is -0.119. The van der Waals surface area contributed by atoms with Gasteiger partial charge in [-0.25, -0.2) is 13.8 Å². The molecule has 1 amide bonds. The highest BCUT2D eigenvalue weighted by Gasteiger charge is 2.27. The first-order valence-electron chi connectivity index (χ1n) is 8.06. The molecule has 1 aliphatic rings. The Morgan fingerprint density at radius 1 is 1.38 bits per heavy atom. The van der Waals surface area contributed by atoms with E-state index >= 15 is 0 Å². The molecular formula is C17H20ClF2N3O2S. The van der Waals surface area contributed by atoms with Crippen LogP contribution in [0.3, 0.4) is 0 Å². The summed E-state index contributed by atoms with van der Waals surface area (Å²) < 4.78 is 31.9. The number of thiazole rings is 1. The van der Waals surface area contributed by atoms with Crippen molar-refractivity contribution in [2.45, 2.75) is 25.3 Å². The second kappa shape index (κ2) is 9.36. The minimum absolute atomic E-state index is 0. The van der Waals surface area contributed by atoms with Crippen LogP contribution >= 0.6 is 23.7 Å². The van der Waals surface area contributed by atoms with Gasteiger partial charge >= 0.3 is 0 Å². The summed E-state index contributed by atoms with van der Waals surface area (Å²) in [7, 11) is 0. The average Bonchev–Trinajstić information content (AvgIpc) is 3.04. The molecule has 3 rings (SSSR count). The van der Waals surface area contributed by atoms with Crippen LogP contribution in [0.25, 0.3) is 0 Å². The number of carbonyl (C=O) groups excluding carboxylic acids is 1. The zero-order chi connectivity index (χ0) is 17.8. The first-order valence-corrected chi connectivity index (χ1v) is 8.87. The van der Waals surface area contributed by atoms with E-state index in [0.29, 0.717) is 23.9 Å². The van der Waals surface area contributed by atoms with Crippen LogP contribution in [0.15, 0.2) is 24.4 Å². The lowest BCUT2D eigenvalue weighted by Crippen LogP contribution is -2.43. The van der Waals surface area contributed by atoms with E-state index in [2.05, 4.69) is 10.3 Å². The number of nitrogens with zero attached hydrogens (tertiary/aromatic N) is 1. The van der Waals surface area contributed by atoms with Crippen LogP contribution in [0.5, 0.6) is 0 Å². The zero-order valence-electron chi connectivity index (χ0n) is 13.9. The first-order chi connectivity index (χ1) is 12.0. The normalized spacial score (nSPS) is 16.0. The van der Waals surface area contributed by atoms with Crippen molar-refractivity contribution < 1.29 is 18.3 Å². The Kier molecular flexibility index (Phi) is 7.45. The minimum atomic E-state index is -0.611. The topological polar surface area (TPSA) is 77.2 Å². The zero-order valence-corrected chi connectivity index (χ0v) is 15.5. The highest BCUT2D eigenvalue weighted by atomic mass is 35.5. The number of nitrogens with two attached hydrogens (primary N) is 1. The second-order valence-electron chi connectivity index (χ2n) is 6.01. The van der Waals surface area contributed by atoms with Crippen LogP contribution in [0, 0.1) is 17.6 Å². The van der Waals surface area contributed by atoms with Gasteiger partial charge in [-0.3, -0.25) is 4.79 Å². The SMILES string of the molecule is Cl.NC(C(=O)Nc1ncc(Cc2ccc(F)cc2F)s1)C1CCOCC1. The van der Waals surface area contributed by atoms with E-state index in [4.69, 9.17) is 10.5 Å². The monoisotopic (exact) mass is 403 g/mol. The van der Waals surface area contributed by atoms with Crippen molar-refractivity contribution in [2.75, 3.05) is 18.5 Å². The van der Waals surface area contributed by atoms with Crippen LogP contribution in [-0.2, 0) is 16.0 Å². The maximum absolute atomic E-state index is 13.7. The molecule has 0 spiro atoms. The molecular weight excluding hydrogens is 384 g/mol. The molecule has 26 heavy (non-hydrogen) atoms. The van der Waals surface area contributed by atoms with Crippen molar-refractivity contribution in [3.05, 3.63) is 46.5 Å². The molecule has 1 atom stereocenters. The summed E-state index contributed by atoms with van der Waals surface area (Å²) in [5.74, 6) is -1.39. The number of halogens is 3. The Morgan fingerprint density at radius 3 is 2.81 bits per heavy atom. The van der Waals surface area contributed by atoms with Crippen molar-refractivity contribution in [3.8, 4) is 0 Å². The van der Waals surface area contributed by atoms with E-state index in [-0.39, 0.29) is 30.7 Å². The lowest BCUT2D eigenvalue weighted by Gasteiger charge is -2.26. The number of amides is 1. The van der Waals surface area contributed by atoms with Gasteiger partial charge in [-0.2, -0.15) is 0 Å². The van der Waals surface area contributed by atoms with Gasteiger partial charge in [0.15, 0.2) is 5.13 Å². The molecule has 1 fully saturated rings. The summed E-state index contributed by atoms with van der Waals surface area (Å²) in [4.78, 5) is 17.2. The number of rotatable bonds is 5. The minimum Gasteiger partial charge on any atom is -0.381 e. The molecule has 0 radical (unpaired) electrons. The Bertz CT molecular complexity index is 753. The fraction of sp³-hybridized carbons (Fsp3) is 0.412. The van der Waals surface area contributed by atoms with E-state index in [9.17, 15) is 13.6 Å². The summed E-state index contributed by atoms with van der Waals surface area (Å²) in [5.41, 5.74) is 6.41. The Morgan fingerprint density at radius 2 is 2.12 bits per heavy atom. The van der Waals surface area contributed by atoms with Gasteiger partial charge in [-0.1, -0.05) is 6.07 Å². The van der Waals surface area contributed by atoms with Crippen LogP contribution in [-0.4, -0.2) is 30.1 Å². The van der Waals surface area contributed by atoms with Crippen LogP contribution in [0.4, 0.5) is 13.9 Å². The third-order valence-electron chi connectivity index (χ3n) is 4.24. The van der Waals surface area contributed by atoms with Gasteiger partial charge in [-0.05, 0) is 30.4 Å². The average molecular weight is 404 g/mol. The molecule has 142 valence electrons. The number of nitrogens with one attached hydrogen (secondary N) is 1. The van der Waals surface area contributed by atoms with Gasteiger partial charge in [0.25, 0.3) is 0 Å². The molecule has 0 aliphatic carbocycles. The Balaban J connectivity index is 0.00000243. The van der Waals surface area contributed by atoms with E-state index in [1.54, 1.807) is 6.20 Å². The van der Waals surface area contributed by atoms with Gasteiger partial charge < -0.3 is 15.8 Å². The third kappa shape index (κ3) is 5.20. The molecule has 1 aromatic heterocycles. The predicted octanol–water partition coefficient (Wildman–Crippen LogP) is 3.13. The second-order valence-corrected chi connectivity index (χ2v) is 7.12. The molecule has 9 heteroatoms. The highest BCUT2D eigenvalue weighted by molar-refractivity contribution is 7.15. The first kappa shape index (κ1) is 20.7. The number of benzene rings is 1. The fourth-order valence-corrected chi connectivity index (χ4v) is 3.62. The van der Waals surface area contributed by atoms with Crippen molar-refractivity contribution in [2.24, 2.45) is 11.7 Å². The van der Waals surface area contributed by atoms with Crippen LogP contribution in [0.2, 0.25) is 0 Å². The van der Waals surface area contributed by atoms with Crippen molar-refractivity contribution in [1.29, 1.82) is 0 Å². The van der Waals surface area contributed by atoms with Gasteiger partial charge in [0, 0.05) is 36.8 Å². The summed E-state index contributed by atoms with van der Waals surface area (Å²) in [6.45, 7) is 1.24. The molecule has 0 bridgehead atoms. The molecule has 1 aromatic carbocycles. The maximum Gasteiger partial charge on any atom is 0.243 e. The summed E-state index contributed by atoms with van der Waals surface area (Å²) in [6, 6.07) is 2.87. The maximum atomic E-state index is 13.7. The van der Waals surface area contributed by atoms with Crippen molar-refractivity contribution in [1.82, 2.24) is 4.98 Å². The molecule has 1 aliphatic heterocycles. The summed E-state index contributed by atoms with van der Waals surface area (Å²) >= 11 is 1.25. The van der Waals surface area contributed by atoms with E-state index < -0.39 is 17.7 Å². The molecule has 1 unspecified atom stereocenters. The number of anilines is 1. The molecule has 1 saturated heterocycles. The summed E-state index contributed by atoms with van der Waals surface area (Å²) in [5, 5.41) is 3.14. The van der Waals surface area contributed by atoms with Gasteiger partial charge in [-0.15, -0.1) is 23.7 Å². The van der Waals surface area contributed by atoms with Crippen LogP contribution in [0.1, 0.15) is 23.3 Å². The van der Waals surface area contributed by atoms with Crippen molar-refractivity contribution >= 4 is 34.8 Å². The number of hydrogen-bond donors (Lipinski definition) is 2. The lowest BCUT2D eigenvalue weighted by atomic mass is 9.92. The quantitative estimate of drug-likeness (QED) is 0.804. The van der Waals surface area contributed by atoms with Gasteiger partial charge in [0.05, 0.1) is 6.04 Å². The van der Waals surface area contributed by atoms with Gasteiger partial charge in [0.2, 0.25) is 5.91 Å². The highest BCUT2D eigenvalue weighted by Crippen LogP contribution is 2.24. The van der Waals surface area contributed by atoms with E-state index in [0.717, 1.165) is 23.8 Å². The molecule has 2 heterocycles. The number of aromatic nitrogens is 1. The fourth-order valence-electron chi connectivity index (χ4n) is 2.78. The third-order valence-corrected chi connectivity index (χ3v) is 5.15. The molecule has 5 nitrogen and oxygen atoms in total. The molecule has 2 aromatic rings.